The zero-order valence-corrected chi connectivity index (χ0v) is 13.7. The number of ether oxygens (including phenoxy) is 1. The van der Waals surface area contributed by atoms with Crippen molar-refractivity contribution >= 4 is 0 Å². The van der Waals surface area contributed by atoms with Gasteiger partial charge in [-0.1, -0.05) is 72.1 Å². The molecular weight excluding hydrogens is 234 g/mol. The molecule has 2 nitrogen and oxygen atoms in total. The largest absolute Gasteiger partial charge is 0.380 e. The molecule has 0 bridgehead atoms. The minimum atomic E-state index is 0.566. The van der Waals surface area contributed by atoms with Crippen LogP contribution in [0.15, 0.2) is 0 Å². The van der Waals surface area contributed by atoms with Gasteiger partial charge in [-0.05, 0) is 19.4 Å². The summed E-state index contributed by atoms with van der Waals surface area (Å²) in [7, 11) is 0. The van der Waals surface area contributed by atoms with Crippen molar-refractivity contribution in [3.63, 3.8) is 0 Å². The fourth-order valence-corrected chi connectivity index (χ4v) is 2.43. The predicted molar refractivity (Wildman–Crippen MR) is 85.8 cm³/mol. The van der Waals surface area contributed by atoms with E-state index in [1.807, 2.05) is 0 Å². The molecule has 1 N–H and O–H groups in total. The molecule has 0 aromatic carbocycles. The first-order valence-electron chi connectivity index (χ1n) is 8.66. The van der Waals surface area contributed by atoms with Gasteiger partial charge in [-0.3, -0.25) is 0 Å². The molecule has 2 heteroatoms. The van der Waals surface area contributed by atoms with Crippen molar-refractivity contribution in [1.82, 2.24) is 5.32 Å². The maximum atomic E-state index is 5.66. The number of nitrogens with one attached hydrogen (secondary N) is 1. The summed E-state index contributed by atoms with van der Waals surface area (Å²) in [4.78, 5) is 0. The SMILES string of the molecule is CCCCCCCCCCC(COCCC)NCC. The van der Waals surface area contributed by atoms with E-state index >= 15 is 0 Å². The number of hydrogen-bond donors (Lipinski definition) is 1. The molecule has 0 radical (unpaired) electrons. The molecule has 0 aromatic rings. The first kappa shape index (κ1) is 18.9. The molecule has 0 heterocycles. The molecule has 0 spiro atoms. The van der Waals surface area contributed by atoms with E-state index in [-0.39, 0.29) is 0 Å². The zero-order valence-electron chi connectivity index (χ0n) is 13.7. The predicted octanol–water partition coefficient (Wildman–Crippen LogP) is 4.92. The molecule has 0 amide bonds. The first-order chi connectivity index (χ1) is 9.35. The maximum absolute atomic E-state index is 5.66. The highest BCUT2D eigenvalue weighted by Gasteiger charge is 2.06. The third-order valence-corrected chi connectivity index (χ3v) is 3.57. The lowest BCUT2D eigenvalue weighted by Gasteiger charge is -2.17. The van der Waals surface area contributed by atoms with Crippen LogP contribution in [0.1, 0.15) is 85.0 Å². The van der Waals surface area contributed by atoms with E-state index in [2.05, 4.69) is 26.1 Å². The molecule has 19 heavy (non-hydrogen) atoms. The second-order valence-electron chi connectivity index (χ2n) is 5.59. The highest BCUT2D eigenvalue weighted by atomic mass is 16.5. The molecule has 1 atom stereocenters. The molecule has 0 fully saturated rings. The molecule has 0 aromatic heterocycles. The molecule has 0 saturated heterocycles. The minimum Gasteiger partial charge on any atom is -0.380 e. The lowest BCUT2D eigenvalue weighted by molar-refractivity contribution is 0.109. The van der Waals surface area contributed by atoms with Gasteiger partial charge >= 0.3 is 0 Å². The summed E-state index contributed by atoms with van der Waals surface area (Å²) in [6.07, 6.45) is 13.6. The number of likely N-dealkylation sites (N-methyl/N-ethyl adjacent to an activating group) is 1. The van der Waals surface area contributed by atoms with Gasteiger partial charge in [0.2, 0.25) is 0 Å². The van der Waals surface area contributed by atoms with Crippen molar-refractivity contribution < 1.29 is 4.74 Å². The van der Waals surface area contributed by atoms with E-state index in [0.29, 0.717) is 6.04 Å². The van der Waals surface area contributed by atoms with E-state index in [1.165, 1.54) is 57.8 Å². The van der Waals surface area contributed by atoms with Crippen molar-refractivity contribution in [2.45, 2.75) is 91.0 Å². The smallest absolute Gasteiger partial charge is 0.0619 e. The van der Waals surface area contributed by atoms with E-state index in [1.54, 1.807) is 0 Å². The summed E-state index contributed by atoms with van der Waals surface area (Å²) in [5.41, 5.74) is 0. The maximum Gasteiger partial charge on any atom is 0.0619 e. The molecule has 0 saturated carbocycles. The Hall–Kier alpha value is -0.0800. The lowest BCUT2D eigenvalue weighted by Crippen LogP contribution is -2.33. The van der Waals surface area contributed by atoms with Crippen molar-refractivity contribution in [2.75, 3.05) is 19.8 Å². The third kappa shape index (κ3) is 14.1. The minimum absolute atomic E-state index is 0.566. The fraction of sp³-hybridized carbons (Fsp3) is 1.00. The third-order valence-electron chi connectivity index (χ3n) is 3.57. The van der Waals surface area contributed by atoms with Crippen molar-refractivity contribution in [3.05, 3.63) is 0 Å². The summed E-state index contributed by atoms with van der Waals surface area (Å²) in [5.74, 6) is 0. The quantitative estimate of drug-likeness (QED) is 0.427. The lowest BCUT2D eigenvalue weighted by atomic mass is 10.0. The highest BCUT2D eigenvalue weighted by molar-refractivity contribution is 4.65. The standard InChI is InChI=1S/C17H37NO/c1-4-7-8-9-10-11-12-13-14-17(18-6-3)16-19-15-5-2/h17-18H,4-16H2,1-3H3. The average Bonchev–Trinajstić information content (AvgIpc) is 2.42. The topological polar surface area (TPSA) is 21.3 Å². The Kier molecular flexibility index (Phi) is 15.9. The van der Waals surface area contributed by atoms with Crippen LogP contribution in [0.3, 0.4) is 0 Å². The van der Waals surface area contributed by atoms with Crippen LogP contribution in [-0.2, 0) is 4.74 Å². The molecule has 0 aliphatic rings. The Bertz CT molecular complexity index is 161. The van der Waals surface area contributed by atoms with Gasteiger partial charge in [0.15, 0.2) is 0 Å². The first-order valence-corrected chi connectivity index (χ1v) is 8.66. The highest BCUT2D eigenvalue weighted by Crippen LogP contribution is 2.10. The van der Waals surface area contributed by atoms with Crippen molar-refractivity contribution in [2.24, 2.45) is 0 Å². The van der Waals surface area contributed by atoms with E-state index < -0.39 is 0 Å². The summed E-state index contributed by atoms with van der Waals surface area (Å²) < 4.78 is 5.66. The van der Waals surface area contributed by atoms with Crippen molar-refractivity contribution in [1.29, 1.82) is 0 Å². The molecule has 0 rings (SSSR count). The Balaban J connectivity index is 3.36. The van der Waals surface area contributed by atoms with Gasteiger partial charge in [-0.15, -0.1) is 0 Å². The summed E-state index contributed by atoms with van der Waals surface area (Å²) in [5, 5.41) is 3.54. The Morgan fingerprint density at radius 2 is 1.42 bits per heavy atom. The van der Waals surface area contributed by atoms with E-state index in [4.69, 9.17) is 4.74 Å². The van der Waals surface area contributed by atoms with Gasteiger partial charge in [-0.2, -0.15) is 0 Å². The molecule has 1 unspecified atom stereocenters. The molecule has 0 aliphatic carbocycles. The van der Waals surface area contributed by atoms with E-state index in [0.717, 1.165) is 26.2 Å². The summed E-state index contributed by atoms with van der Waals surface area (Å²) in [6.45, 7) is 9.47. The number of unbranched alkanes of at least 4 members (excludes halogenated alkanes) is 7. The average molecular weight is 271 g/mol. The molecule has 0 aliphatic heterocycles. The zero-order chi connectivity index (χ0) is 14.2. The Labute approximate surface area is 121 Å². The van der Waals surface area contributed by atoms with E-state index in [9.17, 15) is 0 Å². The van der Waals surface area contributed by atoms with Crippen molar-refractivity contribution in [3.8, 4) is 0 Å². The van der Waals surface area contributed by atoms with Crippen LogP contribution in [0.2, 0.25) is 0 Å². The van der Waals surface area contributed by atoms with Gasteiger partial charge in [0.1, 0.15) is 0 Å². The van der Waals surface area contributed by atoms with Crippen LogP contribution < -0.4 is 5.32 Å². The number of hydrogen-bond acceptors (Lipinski definition) is 2. The normalized spacial score (nSPS) is 12.8. The van der Waals surface area contributed by atoms with Gasteiger partial charge in [-0.25, -0.2) is 0 Å². The summed E-state index contributed by atoms with van der Waals surface area (Å²) in [6, 6.07) is 0.566. The monoisotopic (exact) mass is 271 g/mol. The van der Waals surface area contributed by atoms with Crippen LogP contribution in [0.5, 0.6) is 0 Å². The Morgan fingerprint density at radius 1 is 0.789 bits per heavy atom. The van der Waals surface area contributed by atoms with Crippen LogP contribution >= 0.6 is 0 Å². The second-order valence-corrected chi connectivity index (χ2v) is 5.59. The second kappa shape index (κ2) is 16.0. The summed E-state index contributed by atoms with van der Waals surface area (Å²) >= 11 is 0. The number of rotatable bonds is 15. The fourth-order valence-electron chi connectivity index (χ4n) is 2.43. The molecule has 116 valence electrons. The van der Waals surface area contributed by atoms with Gasteiger partial charge in [0.05, 0.1) is 6.61 Å². The van der Waals surface area contributed by atoms with Crippen LogP contribution in [0.25, 0.3) is 0 Å². The van der Waals surface area contributed by atoms with Crippen LogP contribution in [0, 0.1) is 0 Å². The Morgan fingerprint density at radius 3 is 2.00 bits per heavy atom. The van der Waals surface area contributed by atoms with Gasteiger partial charge in [0, 0.05) is 12.6 Å². The van der Waals surface area contributed by atoms with Crippen LogP contribution in [0.4, 0.5) is 0 Å². The van der Waals surface area contributed by atoms with Crippen LogP contribution in [-0.4, -0.2) is 25.8 Å². The molecular formula is C17H37NO. The van der Waals surface area contributed by atoms with Gasteiger partial charge < -0.3 is 10.1 Å². The van der Waals surface area contributed by atoms with Gasteiger partial charge in [0.25, 0.3) is 0 Å².